The molecule has 0 aromatic heterocycles. The molecule has 0 aliphatic heterocycles. The molecule has 1 unspecified atom stereocenters. The van der Waals surface area contributed by atoms with Crippen molar-refractivity contribution in [2.24, 2.45) is 17.8 Å². The van der Waals surface area contributed by atoms with Crippen LogP contribution in [0.1, 0.15) is 42.4 Å². The van der Waals surface area contributed by atoms with Crippen LogP contribution in [0.5, 0.6) is 0 Å². The summed E-state index contributed by atoms with van der Waals surface area (Å²) in [5, 5.41) is 12.7. The Morgan fingerprint density at radius 3 is 2.14 bits per heavy atom. The highest BCUT2D eigenvalue weighted by Crippen LogP contribution is 2.62. The smallest absolute Gasteiger partial charge is 0.388 e. The number of sulfone groups is 1. The molecule has 2 fully saturated rings. The van der Waals surface area contributed by atoms with Crippen LogP contribution in [0.3, 0.4) is 0 Å². The van der Waals surface area contributed by atoms with E-state index in [1.165, 1.54) is 0 Å². The lowest BCUT2D eigenvalue weighted by Crippen LogP contribution is -2.52. The van der Waals surface area contributed by atoms with Crippen molar-refractivity contribution in [3.63, 3.8) is 0 Å². The molecular weight excluding hydrogens is 614 g/mol. The summed E-state index contributed by atoms with van der Waals surface area (Å²) in [6.45, 7) is -0.147. The molecule has 5 rings (SSSR count). The first-order valence-corrected chi connectivity index (χ1v) is 14.7. The van der Waals surface area contributed by atoms with E-state index in [2.05, 4.69) is 5.32 Å². The van der Waals surface area contributed by atoms with Gasteiger partial charge in [0, 0.05) is 23.9 Å². The van der Waals surface area contributed by atoms with E-state index in [0.29, 0.717) is 25.0 Å². The minimum absolute atomic E-state index is 0.147. The maximum Gasteiger partial charge on any atom is 0.435 e. The first kappa shape index (κ1) is 31.4. The Hall–Kier alpha value is -3.07. The van der Waals surface area contributed by atoms with Crippen molar-refractivity contribution in [2.45, 2.75) is 65.4 Å². The normalized spacial score (nSPS) is 26.8. The highest BCUT2D eigenvalue weighted by Gasteiger charge is 2.74. The predicted octanol–water partition coefficient (Wildman–Crippen LogP) is 4.82. The van der Waals surface area contributed by atoms with Gasteiger partial charge in [-0.3, -0.25) is 4.79 Å². The zero-order valence-corrected chi connectivity index (χ0v) is 22.9. The predicted molar refractivity (Wildman–Crippen MR) is 133 cm³/mol. The lowest BCUT2D eigenvalue weighted by atomic mass is 9.70. The molecule has 234 valence electrons. The summed E-state index contributed by atoms with van der Waals surface area (Å²) in [5.74, 6) is -5.38. The van der Waals surface area contributed by atoms with Crippen LogP contribution in [0.2, 0.25) is 0 Å². The Kier molecular flexibility index (Phi) is 7.27. The molecule has 3 aliphatic rings. The number of benzene rings is 2. The zero-order valence-electron chi connectivity index (χ0n) is 22.1. The summed E-state index contributed by atoms with van der Waals surface area (Å²) < 4.78 is 136. The highest BCUT2D eigenvalue weighted by molar-refractivity contribution is 7.92. The molecular formula is C28H25F8NO5S. The molecule has 43 heavy (non-hydrogen) atoms. The van der Waals surface area contributed by atoms with Crippen LogP contribution in [0, 0.1) is 23.6 Å². The second kappa shape index (κ2) is 9.98. The van der Waals surface area contributed by atoms with Crippen molar-refractivity contribution in [3.05, 3.63) is 65.0 Å². The second-order valence-corrected chi connectivity index (χ2v) is 13.6. The number of rotatable bonds is 7. The molecule has 2 N–H and O–H groups in total. The SMILES string of the molecule is O=CC1C[C@@H](C(=O)NCC2(O)CC2)[C@@H]2CCc3cc(C(F)(C(F)(F)F)C(F)(F)F)ccc3[C@@]12S(=O)(=O)c1ccc(F)cc1. The van der Waals surface area contributed by atoms with Crippen LogP contribution in [0.15, 0.2) is 47.4 Å². The van der Waals surface area contributed by atoms with Crippen LogP contribution >= 0.6 is 0 Å². The molecule has 6 nitrogen and oxygen atoms in total. The second-order valence-electron chi connectivity index (χ2n) is 11.4. The molecule has 15 heteroatoms. The quantitative estimate of drug-likeness (QED) is 0.257. The third-order valence-electron chi connectivity index (χ3n) is 9.01. The van der Waals surface area contributed by atoms with Gasteiger partial charge in [-0.2, -0.15) is 26.3 Å². The van der Waals surface area contributed by atoms with Crippen LogP contribution in [0.4, 0.5) is 35.1 Å². The summed E-state index contributed by atoms with van der Waals surface area (Å²) in [4.78, 5) is 25.4. The van der Waals surface area contributed by atoms with Crippen LogP contribution < -0.4 is 5.32 Å². The monoisotopic (exact) mass is 639 g/mol. The number of halogens is 8. The van der Waals surface area contributed by atoms with E-state index < -0.39 is 78.1 Å². The first-order chi connectivity index (χ1) is 19.8. The van der Waals surface area contributed by atoms with Gasteiger partial charge in [0.15, 0.2) is 9.84 Å². The van der Waals surface area contributed by atoms with Crippen LogP contribution in [-0.4, -0.2) is 50.2 Å². The fourth-order valence-electron chi connectivity index (χ4n) is 6.70. The molecule has 0 heterocycles. The number of hydrogen-bond donors (Lipinski definition) is 2. The average molecular weight is 640 g/mol. The van der Waals surface area contributed by atoms with E-state index in [0.717, 1.165) is 24.3 Å². The van der Waals surface area contributed by atoms with E-state index in [-0.39, 0.29) is 49.3 Å². The molecule has 2 aromatic rings. The first-order valence-electron chi connectivity index (χ1n) is 13.3. The van der Waals surface area contributed by atoms with Gasteiger partial charge >= 0.3 is 18.0 Å². The minimum atomic E-state index is -6.41. The van der Waals surface area contributed by atoms with Gasteiger partial charge in [-0.05, 0) is 73.4 Å². The summed E-state index contributed by atoms with van der Waals surface area (Å²) >= 11 is 0. The van der Waals surface area contributed by atoms with Gasteiger partial charge in [0.2, 0.25) is 5.91 Å². The van der Waals surface area contributed by atoms with Gasteiger partial charge in [0.05, 0.1) is 10.5 Å². The third-order valence-corrected chi connectivity index (χ3v) is 11.6. The average Bonchev–Trinajstić information content (AvgIpc) is 3.56. The Bertz CT molecular complexity index is 1540. The van der Waals surface area contributed by atoms with Crippen molar-refractivity contribution >= 4 is 22.0 Å². The Balaban J connectivity index is 1.71. The van der Waals surface area contributed by atoms with Gasteiger partial charge in [-0.1, -0.05) is 18.2 Å². The fourth-order valence-corrected chi connectivity index (χ4v) is 9.30. The van der Waals surface area contributed by atoms with Gasteiger partial charge in [-0.15, -0.1) is 0 Å². The molecule has 2 saturated carbocycles. The lowest BCUT2D eigenvalue weighted by molar-refractivity contribution is -0.348. The topological polar surface area (TPSA) is 101 Å². The number of aldehydes is 1. The molecule has 0 bridgehead atoms. The van der Waals surface area contributed by atoms with Gasteiger partial charge in [0.25, 0.3) is 0 Å². The number of alkyl halides is 7. The molecule has 0 radical (unpaired) electrons. The fraction of sp³-hybridized carbons (Fsp3) is 0.500. The summed E-state index contributed by atoms with van der Waals surface area (Å²) in [6, 6.07) is 4.59. The largest absolute Gasteiger partial charge is 0.435 e. The maximum atomic E-state index is 15.0. The number of nitrogens with one attached hydrogen (secondary N) is 1. The Morgan fingerprint density at radius 1 is 1.00 bits per heavy atom. The van der Waals surface area contributed by atoms with E-state index in [9.17, 15) is 58.2 Å². The van der Waals surface area contributed by atoms with Gasteiger partial charge in [0.1, 0.15) is 16.9 Å². The van der Waals surface area contributed by atoms with Crippen molar-refractivity contribution in [3.8, 4) is 0 Å². The number of amides is 1. The van der Waals surface area contributed by atoms with Crippen molar-refractivity contribution in [2.75, 3.05) is 6.54 Å². The number of fused-ring (bicyclic) bond motifs is 3. The number of aryl methyl sites for hydroxylation is 1. The summed E-state index contributed by atoms with van der Waals surface area (Å²) in [6.07, 6.45) is -12.7. The minimum Gasteiger partial charge on any atom is -0.388 e. The van der Waals surface area contributed by atoms with Gasteiger partial charge in [-0.25, -0.2) is 17.2 Å². The lowest BCUT2D eigenvalue weighted by Gasteiger charge is -2.44. The molecule has 3 aliphatic carbocycles. The van der Waals surface area contributed by atoms with E-state index in [4.69, 9.17) is 0 Å². The number of carbonyl (C=O) groups is 2. The Labute approximate surface area is 240 Å². The number of hydrogen-bond acceptors (Lipinski definition) is 5. The van der Waals surface area contributed by atoms with Crippen LogP contribution in [0.25, 0.3) is 0 Å². The molecule has 0 spiro atoms. The van der Waals surface area contributed by atoms with E-state index in [1.54, 1.807) is 0 Å². The maximum absolute atomic E-state index is 15.0. The number of aliphatic hydroxyl groups is 1. The summed E-state index contributed by atoms with van der Waals surface area (Å²) in [7, 11) is -4.82. The van der Waals surface area contributed by atoms with Crippen molar-refractivity contribution in [1.29, 1.82) is 0 Å². The number of carbonyl (C=O) groups excluding carboxylic acids is 2. The third kappa shape index (κ3) is 4.64. The zero-order chi connectivity index (χ0) is 31.8. The van der Waals surface area contributed by atoms with Gasteiger partial charge < -0.3 is 15.2 Å². The highest BCUT2D eigenvalue weighted by atomic mass is 32.2. The van der Waals surface area contributed by atoms with Crippen molar-refractivity contribution < 1.29 is 58.2 Å². The standard InChI is InChI=1S/C28H25F8NO5S/c29-18-3-5-19(6-4-18)43(41,42)25-17(13-38)12-20(23(39)37-14-24(40)9-10-24)22(25)7-1-15-11-16(2-8-21(15)25)26(30,27(31,32)33)28(34,35)36/h2-6,8,11,13,17,20,22,40H,1,7,9-10,12,14H2,(H,37,39)/t17?,20-,22+,25+/m1/s1. The van der Waals surface area contributed by atoms with Crippen molar-refractivity contribution in [1.82, 2.24) is 5.32 Å². The molecule has 0 saturated heterocycles. The molecule has 1 amide bonds. The Morgan fingerprint density at radius 2 is 1.60 bits per heavy atom. The van der Waals surface area contributed by atoms with Crippen LogP contribution in [-0.2, 0) is 36.3 Å². The summed E-state index contributed by atoms with van der Waals surface area (Å²) in [5.41, 5.74) is -9.42. The molecule has 4 atom stereocenters. The van der Waals surface area contributed by atoms with E-state index in [1.807, 2.05) is 0 Å². The van der Waals surface area contributed by atoms with E-state index >= 15 is 0 Å². The molecule has 2 aromatic carbocycles.